The molecular formula is C38H48O12. The maximum absolute atomic E-state index is 14.5. The third-order valence-corrected chi connectivity index (χ3v) is 12.2. The van der Waals surface area contributed by atoms with Crippen molar-refractivity contribution in [2.24, 2.45) is 11.8 Å². The number of epoxide rings is 2. The zero-order chi connectivity index (χ0) is 36.0. The van der Waals surface area contributed by atoms with E-state index < -0.39 is 71.0 Å². The molecule has 7 saturated heterocycles. The summed E-state index contributed by atoms with van der Waals surface area (Å²) in [5.41, 5.74) is -3.67. The fraction of sp³-hybridized carbons (Fsp3) is 0.737. The molecule has 7 rings (SSSR count). The highest BCUT2D eigenvalue weighted by Crippen LogP contribution is 2.55. The lowest BCUT2D eigenvalue weighted by molar-refractivity contribution is -0.166. The Morgan fingerprint density at radius 3 is 1.34 bits per heavy atom. The van der Waals surface area contributed by atoms with Crippen molar-refractivity contribution in [3.63, 3.8) is 0 Å². The van der Waals surface area contributed by atoms with Gasteiger partial charge in [-0.15, -0.1) is 0 Å². The monoisotopic (exact) mass is 696 g/mol. The molecular weight excluding hydrogens is 648 g/mol. The summed E-state index contributed by atoms with van der Waals surface area (Å²) >= 11 is 0. The summed E-state index contributed by atoms with van der Waals surface area (Å²) in [6, 6.07) is 0. The summed E-state index contributed by atoms with van der Waals surface area (Å²) < 4.78 is 37.7. The fourth-order valence-electron chi connectivity index (χ4n) is 9.19. The van der Waals surface area contributed by atoms with E-state index in [4.69, 9.17) is 28.4 Å². The summed E-state index contributed by atoms with van der Waals surface area (Å²) in [5, 5.41) is 0. The van der Waals surface area contributed by atoms with Crippen molar-refractivity contribution >= 4 is 35.1 Å². The van der Waals surface area contributed by atoms with Crippen LogP contribution in [-0.4, -0.2) is 94.1 Å². The van der Waals surface area contributed by atoms with Gasteiger partial charge in [-0.1, -0.05) is 24.3 Å². The Labute approximate surface area is 291 Å². The van der Waals surface area contributed by atoms with Gasteiger partial charge in [0, 0.05) is 51.4 Å². The van der Waals surface area contributed by atoms with Crippen molar-refractivity contribution < 1.29 is 57.2 Å². The first-order valence-electron chi connectivity index (χ1n) is 18.0. The first-order valence-corrected chi connectivity index (χ1v) is 18.0. The van der Waals surface area contributed by atoms with E-state index in [0.717, 1.165) is 11.1 Å². The maximum atomic E-state index is 14.5. The minimum Gasteiger partial charge on any atom is -0.457 e. The lowest BCUT2D eigenvalue weighted by Crippen LogP contribution is -2.48. The molecule has 3 unspecified atom stereocenters. The number of rotatable bonds is 2. The van der Waals surface area contributed by atoms with Crippen LogP contribution in [0.4, 0.5) is 0 Å². The second-order valence-electron chi connectivity index (χ2n) is 16.6. The number of ketones is 4. The van der Waals surface area contributed by atoms with Crippen LogP contribution in [0.5, 0.6) is 0 Å². The van der Waals surface area contributed by atoms with E-state index in [-0.39, 0.29) is 99.2 Å². The molecule has 0 spiro atoms. The Kier molecular flexibility index (Phi) is 8.68. The highest BCUT2D eigenvalue weighted by Gasteiger charge is 2.74. The van der Waals surface area contributed by atoms with Crippen molar-refractivity contribution in [1.82, 2.24) is 0 Å². The van der Waals surface area contributed by atoms with E-state index in [0.29, 0.717) is 12.8 Å². The molecule has 12 nitrogen and oxygen atoms in total. The highest BCUT2D eigenvalue weighted by molar-refractivity contribution is 5.93. The summed E-state index contributed by atoms with van der Waals surface area (Å²) in [6.45, 7) is 15.3. The molecule has 0 aromatic carbocycles. The molecule has 8 bridgehead atoms. The standard InChI is InChI=1S/C38H48O12/c1-19(2)21-7-9-37-31(49-37)29(17-35(5)15-25(41)27(47-35)13-23(39)11-21)46-34(44)38-10-8-22(20(3)4)12-24(40)14-28-26(42)16-36(6,48-28)18-30(32(38)50-38)45-33(37)43/h21-22,27-32H,1,3,7-18H2,2,4-6H3/t21-,22-,27+,28+,29-,30-,31?,32?,35-,36-,37+,38?/m1/s1. The van der Waals surface area contributed by atoms with Crippen LogP contribution in [0.2, 0.25) is 0 Å². The number of carbonyl (C=O) groups is 6. The Bertz CT molecular complexity index is 1450. The summed E-state index contributed by atoms with van der Waals surface area (Å²) in [5.74, 6) is -2.58. The highest BCUT2D eigenvalue weighted by atomic mass is 16.7. The van der Waals surface area contributed by atoms with Crippen LogP contribution in [0.15, 0.2) is 24.3 Å². The molecule has 7 aliphatic rings. The maximum Gasteiger partial charge on any atom is 0.341 e. The van der Waals surface area contributed by atoms with Crippen LogP contribution < -0.4 is 0 Å². The molecule has 0 aliphatic carbocycles. The Morgan fingerprint density at radius 2 is 0.980 bits per heavy atom. The zero-order valence-electron chi connectivity index (χ0n) is 29.4. The van der Waals surface area contributed by atoms with Gasteiger partial charge in [-0.3, -0.25) is 19.2 Å². The minimum absolute atomic E-state index is 0.00599. The number of esters is 2. The van der Waals surface area contributed by atoms with Gasteiger partial charge >= 0.3 is 11.9 Å². The number of ether oxygens (including phenoxy) is 6. The Morgan fingerprint density at radius 1 is 0.600 bits per heavy atom. The van der Waals surface area contributed by atoms with Gasteiger partial charge in [0.1, 0.15) is 48.2 Å². The molecule has 7 fully saturated rings. The van der Waals surface area contributed by atoms with E-state index >= 15 is 0 Å². The number of fused-ring (bicyclic) bond motifs is 4. The van der Waals surface area contributed by atoms with Gasteiger partial charge in [0.2, 0.25) is 0 Å². The second-order valence-corrected chi connectivity index (χ2v) is 16.6. The smallest absolute Gasteiger partial charge is 0.341 e. The fourth-order valence-corrected chi connectivity index (χ4v) is 9.19. The summed E-state index contributed by atoms with van der Waals surface area (Å²) in [7, 11) is 0. The van der Waals surface area contributed by atoms with Crippen molar-refractivity contribution in [2.45, 2.75) is 164 Å². The van der Waals surface area contributed by atoms with E-state index in [1.807, 2.05) is 13.8 Å². The van der Waals surface area contributed by atoms with Crippen molar-refractivity contribution in [2.75, 3.05) is 0 Å². The average Bonchev–Trinajstić information content (AvgIpc) is 3.88. The van der Waals surface area contributed by atoms with Crippen molar-refractivity contribution in [1.29, 1.82) is 0 Å². The molecule has 12 heteroatoms. The molecule has 0 N–H and O–H groups in total. The predicted molar refractivity (Wildman–Crippen MR) is 174 cm³/mol. The van der Waals surface area contributed by atoms with E-state index in [1.54, 1.807) is 13.8 Å². The molecule has 0 radical (unpaired) electrons. The van der Waals surface area contributed by atoms with Crippen molar-refractivity contribution in [3.8, 4) is 0 Å². The molecule has 0 aromatic rings. The van der Waals surface area contributed by atoms with Crippen LogP contribution in [-0.2, 0) is 57.2 Å². The normalized spacial score (nSPS) is 46.6. The Hall–Kier alpha value is -3.06. The van der Waals surface area contributed by atoms with E-state index in [9.17, 15) is 28.8 Å². The number of allylic oxidation sites excluding steroid dienone is 2. The van der Waals surface area contributed by atoms with Crippen LogP contribution in [0.3, 0.4) is 0 Å². The largest absolute Gasteiger partial charge is 0.457 e. The first kappa shape index (κ1) is 35.3. The molecule has 0 aromatic heterocycles. The van der Waals surface area contributed by atoms with Gasteiger partial charge in [0.25, 0.3) is 0 Å². The summed E-state index contributed by atoms with van der Waals surface area (Å²) in [4.78, 5) is 81.6. The minimum atomic E-state index is -1.50. The molecule has 7 aliphatic heterocycles. The van der Waals surface area contributed by atoms with E-state index in [2.05, 4.69) is 13.2 Å². The van der Waals surface area contributed by atoms with Crippen LogP contribution in [0.1, 0.15) is 105 Å². The molecule has 0 saturated carbocycles. The lowest BCUT2D eigenvalue weighted by Gasteiger charge is -2.32. The number of hydrogen-bond donors (Lipinski definition) is 0. The molecule has 50 heavy (non-hydrogen) atoms. The van der Waals surface area contributed by atoms with Gasteiger partial charge in [0.15, 0.2) is 22.8 Å². The zero-order valence-corrected chi connectivity index (χ0v) is 29.4. The average molecular weight is 697 g/mol. The molecule has 272 valence electrons. The van der Waals surface area contributed by atoms with Crippen LogP contribution in [0, 0.1) is 11.8 Å². The third kappa shape index (κ3) is 6.34. The topological polar surface area (TPSA) is 164 Å². The van der Waals surface area contributed by atoms with Crippen LogP contribution >= 0.6 is 0 Å². The van der Waals surface area contributed by atoms with Gasteiger partial charge in [-0.25, -0.2) is 9.59 Å². The number of hydrogen-bond acceptors (Lipinski definition) is 12. The molecule has 7 heterocycles. The molecule has 12 atom stereocenters. The summed E-state index contributed by atoms with van der Waals surface area (Å²) in [6.07, 6.45) is -4.32. The van der Waals surface area contributed by atoms with E-state index in [1.165, 1.54) is 0 Å². The number of carbonyl (C=O) groups excluding carboxylic acids is 6. The number of Topliss-reactive ketones (excluding diaryl/α,β-unsaturated/α-hetero) is 4. The van der Waals surface area contributed by atoms with Gasteiger partial charge in [0.05, 0.1) is 11.2 Å². The van der Waals surface area contributed by atoms with Gasteiger partial charge in [-0.2, -0.15) is 0 Å². The second kappa shape index (κ2) is 12.3. The first-order chi connectivity index (χ1) is 23.4. The Balaban J connectivity index is 1.28. The van der Waals surface area contributed by atoms with Gasteiger partial charge in [-0.05, 0) is 65.2 Å². The SMILES string of the molecule is C=C(C)[C@@H]1CCC23OC2[C@@H](C[C@@]2(C)CC(=O)[C@H](CC(=O)C1)O2)OC(=O)[C@]12CC[C@@H](C(=C)C)CC(=O)C[C@@H]4O[C@](C)(CC4=O)C[C@@H](OC3=O)C1O2. The van der Waals surface area contributed by atoms with Crippen molar-refractivity contribution in [3.05, 3.63) is 24.3 Å². The lowest BCUT2D eigenvalue weighted by atomic mass is 9.81. The van der Waals surface area contributed by atoms with Crippen LogP contribution in [0.25, 0.3) is 0 Å². The predicted octanol–water partition coefficient (Wildman–Crippen LogP) is 3.78. The quantitative estimate of drug-likeness (QED) is 0.234. The third-order valence-electron chi connectivity index (χ3n) is 12.2. The molecule has 0 amide bonds. The van der Waals surface area contributed by atoms with Gasteiger partial charge < -0.3 is 28.4 Å².